The molecule has 0 spiro atoms. The van der Waals surface area contributed by atoms with Crippen LogP contribution in [0.2, 0.25) is 5.02 Å². The summed E-state index contributed by atoms with van der Waals surface area (Å²) in [5.41, 5.74) is 2.01. The number of carbonyl (C=O) groups excluding carboxylic acids is 2. The SMILES string of the molecule is CN(CCCOc1ccc(Cl)cc1)C(=O)CCC1Cc2ccccc2NC1=O. The number of benzene rings is 2. The first-order valence-corrected chi connectivity index (χ1v) is 9.92. The van der Waals surface area contributed by atoms with Gasteiger partial charge in [0.15, 0.2) is 0 Å². The minimum Gasteiger partial charge on any atom is -0.494 e. The van der Waals surface area contributed by atoms with Crippen LogP contribution in [0.5, 0.6) is 5.75 Å². The summed E-state index contributed by atoms with van der Waals surface area (Å²) in [6.45, 7) is 1.15. The molecular weight excluding hydrogens is 376 g/mol. The van der Waals surface area contributed by atoms with Gasteiger partial charge in [-0.3, -0.25) is 9.59 Å². The molecule has 2 aromatic rings. The summed E-state index contributed by atoms with van der Waals surface area (Å²) in [7, 11) is 1.79. The van der Waals surface area contributed by atoms with Gasteiger partial charge in [0.1, 0.15) is 5.75 Å². The van der Waals surface area contributed by atoms with Crippen LogP contribution < -0.4 is 10.1 Å². The van der Waals surface area contributed by atoms with Gasteiger partial charge in [0.2, 0.25) is 11.8 Å². The normalized spacial score (nSPS) is 15.5. The molecule has 3 rings (SSSR count). The zero-order chi connectivity index (χ0) is 19.9. The molecule has 0 fully saturated rings. The number of anilines is 1. The molecule has 0 aliphatic carbocycles. The molecule has 1 heterocycles. The van der Waals surface area contributed by atoms with Crippen molar-refractivity contribution >= 4 is 29.1 Å². The Morgan fingerprint density at radius 3 is 2.75 bits per heavy atom. The lowest BCUT2D eigenvalue weighted by Crippen LogP contribution is -2.33. The van der Waals surface area contributed by atoms with E-state index in [-0.39, 0.29) is 17.7 Å². The van der Waals surface area contributed by atoms with E-state index in [4.69, 9.17) is 16.3 Å². The number of halogens is 1. The molecule has 0 saturated heterocycles. The molecule has 1 aliphatic rings. The molecule has 0 bridgehead atoms. The quantitative estimate of drug-likeness (QED) is 0.677. The van der Waals surface area contributed by atoms with E-state index < -0.39 is 0 Å². The van der Waals surface area contributed by atoms with Crippen molar-refractivity contribution in [1.29, 1.82) is 0 Å². The van der Waals surface area contributed by atoms with Crippen LogP contribution >= 0.6 is 11.6 Å². The lowest BCUT2D eigenvalue weighted by molar-refractivity contribution is -0.130. The van der Waals surface area contributed by atoms with E-state index in [1.807, 2.05) is 36.4 Å². The highest BCUT2D eigenvalue weighted by Gasteiger charge is 2.26. The Kier molecular flexibility index (Phi) is 6.93. The smallest absolute Gasteiger partial charge is 0.227 e. The van der Waals surface area contributed by atoms with Gasteiger partial charge in [0.05, 0.1) is 6.61 Å². The van der Waals surface area contributed by atoms with Crippen LogP contribution in [0.3, 0.4) is 0 Å². The average molecular weight is 401 g/mol. The van der Waals surface area contributed by atoms with E-state index in [0.717, 1.165) is 23.4 Å². The Labute approximate surface area is 170 Å². The summed E-state index contributed by atoms with van der Waals surface area (Å²) < 4.78 is 5.64. The Bertz CT molecular complexity index is 823. The summed E-state index contributed by atoms with van der Waals surface area (Å²) in [4.78, 5) is 26.3. The van der Waals surface area contributed by atoms with Gasteiger partial charge < -0.3 is 15.0 Å². The lowest BCUT2D eigenvalue weighted by atomic mass is 9.89. The summed E-state index contributed by atoms with van der Waals surface area (Å²) in [6, 6.07) is 15.0. The van der Waals surface area contributed by atoms with Crippen molar-refractivity contribution in [2.24, 2.45) is 5.92 Å². The number of carbonyl (C=O) groups is 2. The molecule has 2 amide bonds. The zero-order valence-corrected chi connectivity index (χ0v) is 16.7. The maximum absolute atomic E-state index is 12.4. The molecule has 0 radical (unpaired) electrons. The van der Waals surface area contributed by atoms with Gasteiger partial charge in [-0.1, -0.05) is 29.8 Å². The van der Waals surface area contributed by atoms with Crippen LogP contribution in [-0.2, 0) is 16.0 Å². The fourth-order valence-electron chi connectivity index (χ4n) is 3.28. The van der Waals surface area contributed by atoms with Gasteiger partial charge in [0, 0.05) is 36.6 Å². The standard InChI is InChI=1S/C22H25ClN2O3/c1-25(13-4-14-28-19-10-8-18(23)9-11-19)21(26)12-7-17-15-16-5-2-3-6-20(16)24-22(17)27/h2-3,5-6,8-11,17H,4,7,12-15H2,1H3,(H,24,27). The predicted octanol–water partition coefficient (Wildman–Crippen LogP) is 4.16. The highest BCUT2D eigenvalue weighted by Crippen LogP contribution is 2.27. The van der Waals surface area contributed by atoms with E-state index in [1.54, 1.807) is 24.1 Å². The van der Waals surface area contributed by atoms with Crippen LogP contribution in [0.25, 0.3) is 0 Å². The van der Waals surface area contributed by atoms with E-state index in [0.29, 0.717) is 37.4 Å². The summed E-state index contributed by atoms with van der Waals surface area (Å²) in [5, 5.41) is 3.61. The maximum Gasteiger partial charge on any atom is 0.227 e. The van der Waals surface area contributed by atoms with Crippen molar-refractivity contribution in [3.05, 3.63) is 59.1 Å². The van der Waals surface area contributed by atoms with Crippen molar-refractivity contribution in [1.82, 2.24) is 4.90 Å². The molecule has 1 N–H and O–H groups in total. The Hall–Kier alpha value is -2.53. The number of nitrogens with one attached hydrogen (secondary N) is 1. The minimum atomic E-state index is -0.152. The molecule has 0 aromatic heterocycles. The van der Waals surface area contributed by atoms with Gasteiger partial charge in [-0.25, -0.2) is 0 Å². The number of nitrogens with zero attached hydrogens (tertiary/aromatic N) is 1. The van der Waals surface area contributed by atoms with Gasteiger partial charge in [0.25, 0.3) is 0 Å². The van der Waals surface area contributed by atoms with Crippen molar-refractivity contribution in [2.45, 2.75) is 25.7 Å². The monoisotopic (exact) mass is 400 g/mol. The fraction of sp³-hybridized carbons (Fsp3) is 0.364. The Morgan fingerprint density at radius 2 is 1.96 bits per heavy atom. The van der Waals surface area contributed by atoms with Crippen LogP contribution in [0.1, 0.15) is 24.8 Å². The molecule has 28 heavy (non-hydrogen) atoms. The second-order valence-electron chi connectivity index (χ2n) is 7.06. The van der Waals surface area contributed by atoms with E-state index in [1.165, 1.54) is 0 Å². The minimum absolute atomic E-state index is 0.00511. The Balaban J connectivity index is 1.37. The summed E-state index contributed by atoms with van der Waals surface area (Å²) >= 11 is 5.84. The highest BCUT2D eigenvalue weighted by molar-refractivity contribution is 6.30. The number of amides is 2. The number of hydrogen-bond donors (Lipinski definition) is 1. The second kappa shape index (κ2) is 9.60. The van der Waals surface area contributed by atoms with Gasteiger partial charge >= 0.3 is 0 Å². The molecular formula is C22H25ClN2O3. The molecule has 5 nitrogen and oxygen atoms in total. The molecule has 1 aliphatic heterocycles. The van der Waals surface area contributed by atoms with Crippen molar-refractivity contribution in [3.63, 3.8) is 0 Å². The molecule has 1 atom stereocenters. The summed E-state index contributed by atoms with van der Waals surface area (Å²) in [6.07, 6.45) is 2.36. The van der Waals surface area contributed by atoms with Crippen molar-refractivity contribution in [2.75, 3.05) is 25.5 Å². The van der Waals surface area contributed by atoms with Crippen LogP contribution in [0, 0.1) is 5.92 Å². The van der Waals surface area contributed by atoms with Gasteiger partial charge in [-0.15, -0.1) is 0 Å². The number of rotatable bonds is 8. The number of hydrogen-bond acceptors (Lipinski definition) is 3. The third-order valence-corrected chi connectivity index (χ3v) is 5.22. The van der Waals surface area contributed by atoms with Gasteiger partial charge in [-0.2, -0.15) is 0 Å². The number of para-hydroxylation sites is 1. The largest absolute Gasteiger partial charge is 0.494 e. The maximum atomic E-state index is 12.4. The summed E-state index contributed by atoms with van der Waals surface area (Å²) in [5.74, 6) is 0.672. The zero-order valence-electron chi connectivity index (χ0n) is 16.0. The van der Waals surface area contributed by atoms with Crippen LogP contribution in [0.4, 0.5) is 5.69 Å². The molecule has 0 saturated carbocycles. The first-order chi connectivity index (χ1) is 13.5. The second-order valence-corrected chi connectivity index (χ2v) is 7.49. The predicted molar refractivity (Wildman–Crippen MR) is 111 cm³/mol. The number of fused-ring (bicyclic) bond motifs is 1. The molecule has 2 aromatic carbocycles. The first-order valence-electron chi connectivity index (χ1n) is 9.54. The van der Waals surface area contributed by atoms with E-state index in [2.05, 4.69) is 5.32 Å². The van der Waals surface area contributed by atoms with Gasteiger partial charge in [-0.05, 0) is 55.2 Å². The average Bonchev–Trinajstić information content (AvgIpc) is 2.70. The molecule has 6 heteroatoms. The highest BCUT2D eigenvalue weighted by atomic mass is 35.5. The third-order valence-electron chi connectivity index (χ3n) is 4.96. The third kappa shape index (κ3) is 5.49. The fourth-order valence-corrected chi connectivity index (χ4v) is 3.41. The molecule has 1 unspecified atom stereocenters. The van der Waals surface area contributed by atoms with E-state index >= 15 is 0 Å². The Morgan fingerprint density at radius 1 is 1.21 bits per heavy atom. The number of ether oxygens (including phenoxy) is 1. The van der Waals surface area contributed by atoms with Crippen molar-refractivity contribution in [3.8, 4) is 5.75 Å². The van der Waals surface area contributed by atoms with Crippen LogP contribution in [-0.4, -0.2) is 36.9 Å². The van der Waals surface area contributed by atoms with Crippen LogP contribution in [0.15, 0.2) is 48.5 Å². The van der Waals surface area contributed by atoms with E-state index in [9.17, 15) is 9.59 Å². The topological polar surface area (TPSA) is 58.6 Å². The van der Waals surface area contributed by atoms with Crippen molar-refractivity contribution < 1.29 is 14.3 Å². The first kappa shape index (κ1) is 20.2. The lowest BCUT2D eigenvalue weighted by Gasteiger charge is -2.25. The molecule has 148 valence electrons.